The van der Waals surface area contributed by atoms with Gasteiger partial charge in [0.25, 0.3) is 5.91 Å². The lowest BCUT2D eigenvalue weighted by Crippen LogP contribution is -1.77. The Balaban J connectivity index is 3.70. The summed E-state index contributed by atoms with van der Waals surface area (Å²) in [5.41, 5.74) is 0. The Bertz CT molecular complexity index is 120. The van der Waals surface area contributed by atoms with Crippen LogP contribution in [0.25, 0.3) is 0 Å². The Labute approximate surface area is 42.6 Å². The van der Waals surface area contributed by atoms with Gasteiger partial charge in [0.15, 0.2) is 0 Å². The molecule has 0 aromatic heterocycles. The molecule has 0 aliphatic carbocycles. The lowest BCUT2D eigenvalue weighted by molar-refractivity contribution is -0.115. The van der Waals surface area contributed by atoms with E-state index in [0.717, 1.165) is 0 Å². The fraction of sp³-hybridized carbons (Fsp3) is 0.400. The van der Waals surface area contributed by atoms with Gasteiger partial charge in [-0.2, -0.15) is 4.99 Å². The van der Waals surface area contributed by atoms with Crippen LogP contribution in [0, 0.1) is 0 Å². The van der Waals surface area contributed by atoms with Gasteiger partial charge in [0.05, 0.1) is 0 Å². The molecule has 0 bridgehead atoms. The van der Waals surface area contributed by atoms with Crippen LogP contribution in [0.1, 0.15) is 13.8 Å². The first-order valence-corrected chi connectivity index (χ1v) is 2.02. The standard InChI is InChI=1S/C5H7NO/c1-3-4-6-5(2)7/h3H,1-2H3. The number of hydrogen-bond donors (Lipinski definition) is 0. The van der Waals surface area contributed by atoms with E-state index in [1.165, 1.54) is 6.92 Å². The fourth-order valence-corrected chi connectivity index (χ4v) is 0.155. The largest absolute Gasteiger partial charge is 0.272 e. The number of carbonyl (C=O) groups excluding carboxylic acids is 1. The van der Waals surface area contributed by atoms with Crippen molar-refractivity contribution < 1.29 is 4.79 Å². The second kappa shape index (κ2) is 3.32. The number of amides is 1. The monoisotopic (exact) mass is 97.1 g/mol. The van der Waals surface area contributed by atoms with E-state index in [9.17, 15) is 4.79 Å². The van der Waals surface area contributed by atoms with Crippen molar-refractivity contribution in [2.24, 2.45) is 4.99 Å². The van der Waals surface area contributed by atoms with Gasteiger partial charge in [0.1, 0.15) is 0 Å². The van der Waals surface area contributed by atoms with Gasteiger partial charge in [-0.05, 0) is 18.9 Å². The zero-order valence-electron chi connectivity index (χ0n) is 4.43. The summed E-state index contributed by atoms with van der Waals surface area (Å²) in [7, 11) is 0. The van der Waals surface area contributed by atoms with Crippen LogP contribution in [0.4, 0.5) is 0 Å². The maximum atomic E-state index is 9.95. The molecule has 0 aliphatic rings. The minimum atomic E-state index is -0.210. The van der Waals surface area contributed by atoms with Crippen molar-refractivity contribution >= 4 is 11.8 Å². The molecule has 0 fully saturated rings. The predicted molar refractivity (Wildman–Crippen MR) is 28.4 cm³/mol. The Hall–Kier alpha value is -0.880. The highest BCUT2D eigenvalue weighted by atomic mass is 16.1. The summed E-state index contributed by atoms with van der Waals surface area (Å²) in [5, 5.41) is 0. The topological polar surface area (TPSA) is 29.4 Å². The predicted octanol–water partition coefficient (Wildman–Crippen LogP) is 0.779. The molecule has 7 heavy (non-hydrogen) atoms. The van der Waals surface area contributed by atoms with Crippen LogP contribution in [0.2, 0.25) is 0 Å². The number of rotatable bonds is 0. The van der Waals surface area contributed by atoms with E-state index in [-0.39, 0.29) is 5.91 Å². The van der Waals surface area contributed by atoms with Gasteiger partial charge >= 0.3 is 0 Å². The summed E-state index contributed by atoms with van der Waals surface area (Å²) >= 11 is 0. The van der Waals surface area contributed by atoms with E-state index in [2.05, 4.69) is 10.9 Å². The van der Waals surface area contributed by atoms with Gasteiger partial charge in [-0.15, -0.1) is 0 Å². The van der Waals surface area contributed by atoms with Crippen LogP contribution in [-0.2, 0) is 4.79 Å². The SMILES string of the molecule is CC=C=NC(C)=O. The maximum Gasteiger partial charge on any atom is 0.250 e. The smallest absolute Gasteiger partial charge is 0.250 e. The quantitative estimate of drug-likeness (QED) is 0.411. The second-order valence-corrected chi connectivity index (χ2v) is 1.05. The van der Waals surface area contributed by atoms with Crippen LogP contribution in [0.3, 0.4) is 0 Å². The van der Waals surface area contributed by atoms with Gasteiger partial charge in [-0.3, -0.25) is 4.79 Å². The average Bonchev–Trinajstić information content (AvgIpc) is 1.61. The summed E-state index contributed by atoms with van der Waals surface area (Å²) in [6.45, 7) is 3.14. The summed E-state index contributed by atoms with van der Waals surface area (Å²) in [6, 6.07) is 0. The minimum absolute atomic E-state index is 0.210. The summed E-state index contributed by atoms with van der Waals surface area (Å²) in [4.78, 5) is 13.3. The normalized spacial score (nSPS) is 6.57. The molecule has 0 heterocycles. The minimum Gasteiger partial charge on any atom is -0.272 e. The molecule has 0 aliphatic heterocycles. The third-order valence-electron chi connectivity index (χ3n) is 0.351. The van der Waals surface area contributed by atoms with Gasteiger partial charge < -0.3 is 0 Å². The molecule has 2 heteroatoms. The molecule has 0 aromatic carbocycles. The Morgan fingerprint density at radius 3 is 2.57 bits per heavy atom. The first-order chi connectivity index (χ1) is 3.27. The van der Waals surface area contributed by atoms with E-state index in [1.54, 1.807) is 13.0 Å². The molecular formula is C5H7NO. The molecule has 0 radical (unpaired) electrons. The highest BCUT2D eigenvalue weighted by Crippen LogP contribution is 1.63. The van der Waals surface area contributed by atoms with E-state index in [4.69, 9.17) is 0 Å². The molecule has 1 amide bonds. The second-order valence-electron chi connectivity index (χ2n) is 1.05. The van der Waals surface area contributed by atoms with Gasteiger partial charge in [0, 0.05) is 6.92 Å². The summed E-state index contributed by atoms with van der Waals surface area (Å²) in [5.74, 6) is 2.19. The lowest BCUT2D eigenvalue weighted by Gasteiger charge is -1.66. The summed E-state index contributed by atoms with van der Waals surface area (Å²) in [6.07, 6.45) is 1.58. The number of aliphatic imine (C=N–C) groups is 1. The van der Waals surface area contributed by atoms with Crippen molar-refractivity contribution in [1.29, 1.82) is 0 Å². The fourth-order valence-electron chi connectivity index (χ4n) is 0.155. The highest BCUT2D eigenvalue weighted by Gasteiger charge is 1.74. The molecule has 0 saturated carbocycles. The van der Waals surface area contributed by atoms with Crippen molar-refractivity contribution in [3.8, 4) is 0 Å². The first kappa shape index (κ1) is 6.12. The van der Waals surface area contributed by atoms with E-state index < -0.39 is 0 Å². The van der Waals surface area contributed by atoms with Gasteiger partial charge in [-0.1, -0.05) is 0 Å². The molecule has 38 valence electrons. The van der Waals surface area contributed by atoms with Crippen molar-refractivity contribution in [1.82, 2.24) is 0 Å². The van der Waals surface area contributed by atoms with E-state index >= 15 is 0 Å². The number of hydrogen-bond acceptors (Lipinski definition) is 1. The molecule has 0 saturated heterocycles. The van der Waals surface area contributed by atoms with Crippen LogP contribution in [0.5, 0.6) is 0 Å². The molecule has 0 aromatic rings. The first-order valence-electron chi connectivity index (χ1n) is 2.02. The lowest BCUT2D eigenvalue weighted by atomic mass is 10.7. The average molecular weight is 97.1 g/mol. The Morgan fingerprint density at radius 1 is 1.86 bits per heavy atom. The van der Waals surface area contributed by atoms with Crippen LogP contribution >= 0.6 is 0 Å². The van der Waals surface area contributed by atoms with Gasteiger partial charge in [-0.25, -0.2) is 0 Å². The van der Waals surface area contributed by atoms with E-state index in [1.807, 2.05) is 0 Å². The molecule has 0 unspecified atom stereocenters. The third kappa shape index (κ3) is 5.12. The van der Waals surface area contributed by atoms with Gasteiger partial charge in [0.2, 0.25) is 0 Å². The zero-order valence-corrected chi connectivity index (χ0v) is 4.43. The van der Waals surface area contributed by atoms with Crippen LogP contribution < -0.4 is 0 Å². The molecular weight excluding hydrogens is 90.1 g/mol. The zero-order chi connectivity index (χ0) is 5.70. The number of allylic oxidation sites excluding steroid dienone is 1. The highest BCUT2D eigenvalue weighted by molar-refractivity contribution is 5.80. The molecule has 0 spiro atoms. The maximum absolute atomic E-state index is 9.95. The van der Waals surface area contributed by atoms with Crippen molar-refractivity contribution in [2.75, 3.05) is 0 Å². The van der Waals surface area contributed by atoms with Crippen molar-refractivity contribution in [2.45, 2.75) is 13.8 Å². The molecule has 2 nitrogen and oxygen atoms in total. The molecule has 0 rings (SSSR count). The number of nitrogens with zero attached hydrogens (tertiary/aromatic N) is 1. The van der Waals surface area contributed by atoms with Crippen LogP contribution in [0.15, 0.2) is 11.1 Å². The molecule has 0 atom stereocenters. The number of carbonyl (C=O) groups is 1. The third-order valence-corrected chi connectivity index (χ3v) is 0.351. The molecule has 0 N–H and O–H groups in total. The van der Waals surface area contributed by atoms with Crippen LogP contribution in [-0.4, -0.2) is 11.8 Å². The Morgan fingerprint density at radius 2 is 2.43 bits per heavy atom. The van der Waals surface area contributed by atoms with Crippen molar-refractivity contribution in [3.05, 3.63) is 6.08 Å². The van der Waals surface area contributed by atoms with Crippen molar-refractivity contribution in [3.63, 3.8) is 0 Å². The Kier molecular flexibility index (Phi) is 2.90. The van der Waals surface area contributed by atoms with E-state index in [0.29, 0.717) is 0 Å². The summed E-state index contributed by atoms with van der Waals surface area (Å²) < 4.78 is 0.